The Labute approximate surface area is 343 Å². The molecular weight excluding hydrogens is 880 g/mol. The first-order valence-corrected chi connectivity index (χ1v) is 18.7. The van der Waals surface area contributed by atoms with E-state index in [0.29, 0.717) is 5.76 Å². The standard InChI is InChI=1S/C49H30BN5O.Pt/c1-3-15-33(16-4-1)48-47(49(56-53-48)34-17-5-2-6-18-34)50(35-25-27-39-37-19-7-9-21-41(37)54(43(39)31-35)45-23-11-13-29-51-45)36-26-28-40-38-20-8-10-22-42(38)55(44(40)32-36)46-24-12-14-30-52-46;/h1-30H;/q-2;+2. The van der Waals surface area contributed by atoms with Crippen LogP contribution in [0, 0.1) is 12.1 Å². The van der Waals surface area contributed by atoms with Crippen LogP contribution in [0.3, 0.4) is 0 Å². The maximum Gasteiger partial charge on any atom is 2.00 e. The van der Waals surface area contributed by atoms with Crippen LogP contribution in [0.4, 0.5) is 0 Å². The number of benzene rings is 6. The molecule has 0 saturated carbocycles. The van der Waals surface area contributed by atoms with Crippen molar-refractivity contribution in [3.63, 3.8) is 0 Å². The second kappa shape index (κ2) is 14.4. The molecule has 0 atom stereocenters. The van der Waals surface area contributed by atoms with Crippen LogP contribution >= 0.6 is 0 Å². The van der Waals surface area contributed by atoms with Crippen molar-refractivity contribution >= 4 is 66.7 Å². The van der Waals surface area contributed by atoms with Crippen LogP contribution in [0.15, 0.2) is 187 Å². The van der Waals surface area contributed by atoms with Gasteiger partial charge in [-0.1, -0.05) is 125 Å². The van der Waals surface area contributed by atoms with Gasteiger partial charge in [-0.25, -0.2) is 9.97 Å². The van der Waals surface area contributed by atoms with E-state index in [9.17, 15) is 0 Å². The van der Waals surface area contributed by atoms with Crippen LogP contribution in [0.5, 0.6) is 0 Å². The number of hydrogen-bond acceptors (Lipinski definition) is 4. The zero-order chi connectivity index (χ0) is 37.0. The van der Waals surface area contributed by atoms with Gasteiger partial charge in [0.05, 0.1) is 0 Å². The summed E-state index contributed by atoms with van der Waals surface area (Å²) >= 11 is 0. The zero-order valence-corrected chi connectivity index (χ0v) is 32.6. The van der Waals surface area contributed by atoms with Gasteiger partial charge in [0, 0.05) is 40.0 Å². The number of hydrogen-bond donors (Lipinski definition) is 0. The Kier molecular flexibility index (Phi) is 8.73. The Bertz CT molecular complexity index is 2980. The first-order valence-electron chi connectivity index (χ1n) is 18.7. The molecule has 6 aromatic carbocycles. The molecular formula is C49H30BN5OPt. The summed E-state index contributed by atoms with van der Waals surface area (Å²) in [6.07, 6.45) is 3.67. The molecule has 0 amide bonds. The van der Waals surface area contributed by atoms with Crippen LogP contribution in [0.2, 0.25) is 0 Å². The fourth-order valence-corrected chi connectivity index (χ4v) is 8.25. The second-order valence-electron chi connectivity index (χ2n) is 13.9. The van der Waals surface area contributed by atoms with Gasteiger partial charge in [-0.3, -0.25) is 0 Å². The van der Waals surface area contributed by atoms with Crippen molar-refractivity contribution < 1.29 is 25.6 Å². The molecule has 0 aliphatic rings. The number of para-hydroxylation sites is 2. The summed E-state index contributed by atoms with van der Waals surface area (Å²) in [6.45, 7) is -0.397. The number of fused-ring (bicyclic) bond motifs is 6. The Hall–Kier alpha value is -6.82. The molecule has 0 saturated heterocycles. The Morgan fingerprint density at radius 3 is 1.44 bits per heavy atom. The van der Waals surface area contributed by atoms with Crippen LogP contribution in [-0.4, -0.2) is 31.0 Å². The number of pyridine rings is 2. The van der Waals surface area contributed by atoms with Gasteiger partial charge < -0.3 is 13.7 Å². The topological polar surface area (TPSA) is 61.7 Å². The van der Waals surface area contributed by atoms with E-state index in [-0.39, 0.29) is 21.1 Å². The fourth-order valence-electron chi connectivity index (χ4n) is 8.25. The summed E-state index contributed by atoms with van der Waals surface area (Å²) in [5.41, 5.74) is 9.53. The van der Waals surface area contributed by atoms with E-state index in [0.717, 1.165) is 88.5 Å². The largest absolute Gasteiger partial charge is 2.00 e. The van der Waals surface area contributed by atoms with Crippen LogP contribution in [0.25, 0.3) is 77.8 Å². The summed E-state index contributed by atoms with van der Waals surface area (Å²) in [7, 11) is 0. The first kappa shape index (κ1) is 34.7. The molecule has 5 aromatic heterocycles. The Balaban J connectivity index is 0.00000396. The molecule has 11 rings (SSSR count). The van der Waals surface area contributed by atoms with Crippen LogP contribution in [0.1, 0.15) is 0 Å². The average molecular weight is 911 g/mol. The molecule has 0 aliphatic carbocycles. The average Bonchev–Trinajstić information content (AvgIpc) is 3.95. The minimum Gasteiger partial charge on any atom is -0.356 e. The Morgan fingerprint density at radius 1 is 0.456 bits per heavy atom. The quantitative estimate of drug-likeness (QED) is 0.118. The third kappa shape index (κ3) is 5.73. The molecule has 0 radical (unpaired) electrons. The van der Waals surface area contributed by atoms with Gasteiger partial charge in [-0.05, 0) is 47.2 Å². The molecule has 57 heavy (non-hydrogen) atoms. The van der Waals surface area contributed by atoms with Gasteiger partial charge in [0.2, 0.25) is 0 Å². The molecule has 0 spiro atoms. The van der Waals surface area contributed by atoms with Gasteiger partial charge in [-0.15, -0.1) is 10.8 Å². The van der Waals surface area contributed by atoms with E-state index >= 15 is 0 Å². The summed E-state index contributed by atoms with van der Waals surface area (Å²) in [4.78, 5) is 9.62. The summed E-state index contributed by atoms with van der Waals surface area (Å²) < 4.78 is 10.8. The molecule has 0 bridgehead atoms. The van der Waals surface area contributed by atoms with E-state index < -0.39 is 6.71 Å². The summed E-state index contributed by atoms with van der Waals surface area (Å²) in [6, 6.07) is 66.3. The molecule has 6 nitrogen and oxygen atoms in total. The predicted molar refractivity (Wildman–Crippen MR) is 227 cm³/mol. The summed E-state index contributed by atoms with van der Waals surface area (Å²) in [5.74, 6) is 2.36. The third-order valence-corrected chi connectivity index (χ3v) is 10.7. The van der Waals surface area contributed by atoms with Crippen LogP contribution < -0.4 is 16.4 Å². The van der Waals surface area contributed by atoms with Crippen molar-refractivity contribution in [2.75, 3.05) is 0 Å². The van der Waals surface area contributed by atoms with E-state index in [4.69, 9.17) is 19.6 Å². The van der Waals surface area contributed by atoms with Crippen molar-refractivity contribution in [3.8, 4) is 34.2 Å². The normalized spacial score (nSPS) is 11.4. The molecule has 0 unspecified atom stereocenters. The van der Waals surface area contributed by atoms with Gasteiger partial charge in [0.1, 0.15) is 17.3 Å². The molecule has 0 fully saturated rings. The van der Waals surface area contributed by atoms with Crippen LogP contribution in [-0.2, 0) is 21.1 Å². The van der Waals surface area contributed by atoms with Gasteiger partial charge in [0.15, 0.2) is 12.5 Å². The molecule has 11 aromatic rings. The molecule has 0 aliphatic heterocycles. The monoisotopic (exact) mass is 910 g/mol. The van der Waals surface area contributed by atoms with Gasteiger partial charge in [0.25, 0.3) is 0 Å². The second-order valence-corrected chi connectivity index (χ2v) is 13.9. The van der Waals surface area contributed by atoms with E-state index in [2.05, 4.69) is 118 Å². The maximum absolute atomic E-state index is 6.41. The van der Waals surface area contributed by atoms with Crippen molar-refractivity contribution in [3.05, 3.63) is 194 Å². The smallest absolute Gasteiger partial charge is 0.356 e. The third-order valence-electron chi connectivity index (χ3n) is 10.7. The predicted octanol–water partition coefficient (Wildman–Crippen LogP) is 9.11. The minimum atomic E-state index is -0.397. The van der Waals surface area contributed by atoms with Crippen molar-refractivity contribution in [2.45, 2.75) is 0 Å². The minimum absolute atomic E-state index is 0. The number of nitrogens with zero attached hydrogens (tertiary/aromatic N) is 5. The fraction of sp³-hybridized carbons (Fsp3) is 0. The maximum atomic E-state index is 6.41. The number of rotatable bonds is 7. The van der Waals surface area contributed by atoms with E-state index in [1.807, 2.05) is 85.2 Å². The van der Waals surface area contributed by atoms with E-state index in [1.165, 1.54) is 0 Å². The van der Waals surface area contributed by atoms with Crippen molar-refractivity contribution in [1.29, 1.82) is 0 Å². The Morgan fingerprint density at radius 2 is 0.930 bits per heavy atom. The molecule has 270 valence electrons. The molecule has 8 heteroatoms. The van der Waals surface area contributed by atoms with Crippen molar-refractivity contribution in [2.24, 2.45) is 0 Å². The van der Waals surface area contributed by atoms with E-state index in [1.54, 1.807) is 0 Å². The van der Waals surface area contributed by atoms with Crippen molar-refractivity contribution in [1.82, 2.24) is 24.3 Å². The van der Waals surface area contributed by atoms with Gasteiger partial charge >= 0.3 is 21.1 Å². The number of aromatic nitrogens is 5. The van der Waals surface area contributed by atoms with Gasteiger partial charge in [-0.2, -0.15) is 47.3 Å². The first-order chi connectivity index (χ1) is 27.8. The SMILES string of the molecule is [Pt+2].[c-]1c(B(c2[c-]c3c(cc2)c2ccccc2n3-c2ccccn2)c2c(-c3ccccc3)noc2-c2ccccc2)ccc2c3ccccc3n(-c3ccccn3)c12. The molecule has 5 heterocycles. The summed E-state index contributed by atoms with van der Waals surface area (Å²) in [5, 5.41) is 9.30. The molecule has 0 N–H and O–H groups in total. The zero-order valence-electron chi connectivity index (χ0n) is 30.4.